The number of hydrogen-bond acceptors (Lipinski definition) is 3. The molecule has 0 aliphatic carbocycles. The number of para-hydroxylation sites is 1. The second kappa shape index (κ2) is 5.59. The fourth-order valence-corrected chi connectivity index (χ4v) is 2.99. The molecule has 1 fully saturated rings. The Bertz CT molecular complexity index is 617. The van der Waals surface area contributed by atoms with Gasteiger partial charge in [-0.15, -0.1) is 0 Å². The molecule has 3 N–H and O–H groups in total. The summed E-state index contributed by atoms with van der Waals surface area (Å²) in [4.78, 5) is 6.90. The van der Waals surface area contributed by atoms with Crippen molar-refractivity contribution in [2.45, 2.75) is 19.4 Å². The summed E-state index contributed by atoms with van der Waals surface area (Å²) in [6, 6.07) is 10.4. The Hall–Kier alpha value is -1.94. The summed E-state index contributed by atoms with van der Waals surface area (Å²) in [6.45, 7) is 2.85. The minimum Gasteiger partial charge on any atom is -0.387 e. The molecule has 1 saturated heterocycles. The van der Waals surface area contributed by atoms with Gasteiger partial charge in [0.05, 0.1) is 11.4 Å². The van der Waals surface area contributed by atoms with Gasteiger partial charge in [0.2, 0.25) is 0 Å². The highest BCUT2D eigenvalue weighted by atomic mass is 15.1. The van der Waals surface area contributed by atoms with Gasteiger partial charge in [0, 0.05) is 30.6 Å². The number of pyridine rings is 1. The first-order valence-electron chi connectivity index (χ1n) is 7.13. The van der Waals surface area contributed by atoms with E-state index in [0.717, 1.165) is 38.0 Å². The SMILES string of the molecule is N=C(N)C1CCCN(Cc2cccc3cccnc23)C1. The van der Waals surface area contributed by atoms with Crippen LogP contribution >= 0.6 is 0 Å². The molecule has 4 heteroatoms. The molecule has 20 heavy (non-hydrogen) atoms. The maximum Gasteiger partial charge on any atom is 0.0949 e. The van der Waals surface area contributed by atoms with E-state index in [0.29, 0.717) is 5.84 Å². The number of nitrogens with zero attached hydrogens (tertiary/aromatic N) is 2. The van der Waals surface area contributed by atoms with E-state index in [9.17, 15) is 0 Å². The monoisotopic (exact) mass is 268 g/mol. The average Bonchev–Trinajstić information content (AvgIpc) is 2.48. The Morgan fingerprint density at radius 1 is 1.35 bits per heavy atom. The standard InChI is InChI=1S/C16H20N4/c17-16(18)14-7-3-9-20(11-14)10-13-5-1-4-12-6-2-8-19-15(12)13/h1-2,4-6,8,14H,3,7,9-11H2,(H3,17,18). The van der Waals surface area contributed by atoms with Gasteiger partial charge in [0.1, 0.15) is 0 Å². The smallest absolute Gasteiger partial charge is 0.0949 e. The summed E-state index contributed by atoms with van der Waals surface area (Å²) in [5, 5.41) is 8.81. The normalized spacial score (nSPS) is 20.1. The van der Waals surface area contributed by atoms with Crippen molar-refractivity contribution >= 4 is 16.7 Å². The van der Waals surface area contributed by atoms with E-state index in [1.54, 1.807) is 0 Å². The molecule has 0 radical (unpaired) electrons. The number of amidine groups is 1. The van der Waals surface area contributed by atoms with Crippen LogP contribution < -0.4 is 5.73 Å². The molecule has 3 rings (SSSR count). The van der Waals surface area contributed by atoms with Crippen molar-refractivity contribution in [2.75, 3.05) is 13.1 Å². The molecule has 1 aliphatic heterocycles. The van der Waals surface area contributed by atoms with Gasteiger partial charge in [-0.1, -0.05) is 24.3 Å². The molecule has 1 aromatic heterocycles. The van der Waals surface area contributed by atoms with Gasteiger partial charge in [0.15, 0.2) is 0 Å². The number of benzene rings is 1. The minimum absolute atomic E-state index is 0.215. The van der Waals surface area contributed by atoms with Gasteiger partial charge in [-0.05, 0) is 31.0 Å². The molecule has 0 amide bonds. The van der Waals surface area contributed by atoms with Gasteiger partial charge in [-0.3, -0.25) is 15.3 Å². The summed E-state index contributed by atoms with van der Waals surface area (Å²) in [5.74, 6) is 0.539. The summed E-state index contributed by atoms with van der Waals surface area (Å²) < 4.78 is 0. The fourth-order valence-electron chi connectivity index (χ4n) is 2.99. The van der Waals surface area contributed by atoms with E-state index < -0.39 is 0 Å². The molecule has 0 spiro atoms. The number of rotatable bonds is 3. The van der Waals surface area contributed by atoms with Crippen LogP contribution in [0.2, 0.25) is 0 Å². The number of piperidine rings is 1. The van der Waals surface area contributed by atoms with Crippen molar-refractivity contribution in [1.29, 1.82) is 5.41 Å². The van der Waals surface area contributed by atoms with Gasteiger partial charge < -0.3 is 5.73 Å². The van der Waals surface area contributed by atoms with Crippen molar-refractivity contribution in [3.63, 3.8) is 0 Å². The largest absolute Gasteiger partial charge is 0.387 e. The first kappa shape index (κ1) is 13.1. The number of aromatic nitrogens is 1. The second-order valence-electron chi connectivity index (χ2n) is 5.52. The molecule has 0 bridgehead atoms. The van der Waals surface area contributed by atoms with Crippen LogP contribution in [0.15, 0.2) is 36.5 Å². The molecule has 1 aromatic carbocycles. The molecule has 4 nitrogen and oxygen atoms in total. The Labute approximate surface area is 119 Å². The first-order chi connectivity index (χ1) is 9.74. The third kappa shape index (κ3) is 2.65. The van der Waals surface area contributed by atoms with Crippen molar-refractivity contribution < 1.29 is 0 Å². The molecule has 0 saturated carbocycles. The number of hydrogen-bond donors (Lipinski definition) is 2. The molecule has 2 heterocycles. The van der Waals surface area contributed by atoms with Crippen LogP contribution in [0, 0.1) is 11.3 Å². The first-order valence-corrected chi connectivity index (χ1v) is 7.13. The topological polar surface area (TPSA) is 66.0 Å². The summed E-state index contributed by atoms with van der Waals surface area (Å²) in [7, 11) is 0. The van der Waals surface area contributed by atoms with E-state index in [1.165, 1.54) is 10.9 Å². The van der Waals surface area contributed by atoms with Crippen LogP contribution in [0.4, 0.5) is 0 Å². The van der Waals surface area contributed by atoms with E-state index in [2.05, 4.69) is 34.1 Å². The lowest BCUT2D eigenvalue weighted by Crippen LogP contribution is -2.40. The minimum atomic E-state index is 0.215. The highest BCUT2D eigenvalue weighted by Crippen LogP contribution is 2.22. The molecule has 1 unspecified atom stereocenters. The molecule has 104 valence electrons. The molecular formula is C16H20N4. The Morgan fingerprint density at radius 3 is 3.05 bits per heavy atom. The average molecular weight is 268 g/mol. The zero-order chi connectivity index (χ0) is 13.9. The number of nitrogens with one attached hydrogen (secondary N) is 1. The number of fused-ring (bicyclic) bond motifs is 1. The van der Waals surface area contributed by atoms with Gasteiger partial charge in [0.25, 0.3) is 0 Å². The summed E-state index contributed by atoms with van der Waals surface area (Å²) in [5.41, 5.74) is 8.00. The third-order valence-corrected chi connectivity index (χ3v) is 4.06. The van der Waals surface area contributed by atoms with E-state index in [4.69, 9.17) is 11.1 Å². The van der Waals surface area contributed by atoms with Crippen LogP contribution in [0.1, 0.15) is 18.4 Å². The van der Waals surface area contributed by atoms with Gasteiger partial charge in [-0.25, -0.2) is 0 Å². The van der Waals surface area contributed by atoms with E-state index in [-0.39, 0.29) is 5.92 Å². The second-order valence-corrected chi connectivity index (χ2v) is 5.52. The zero-order valence-corrected chi connectivity index (χ0v) is 11.5. The van der Waals surface area contributed by atoms with E-state index in [1.807, 2.05) is 12.3 Å². The summed E-state index contributed by atoms with van der Waals surface area (Å²) in [6.07, 6.45) is 4.00. The lowest BCUT2D eigenvalue weighted by Gasteiger charge is -2.32. The number of nitrogens with two attached hydrogens (primary N) is 1. The zero-order valence-electron chi connectivity index (χ0n) is 11.5. The third-order valence-electron chi connectivity index (χ3n) is 4.06. The molecular weight excluding hydrogens is 248 g/mol. The van der Waals surface area contributed by atoms with Crippen LogP contribution in [0.25, 0.3) is 10.9 Å². The Balaban J connectivity index is 1.81. The van der Waals surface area contributed by atoms with Crippen molar-refractivity contribution in [2.24, 2.45) is 11.7 Å². The lowest BCUT2D eigenvalue weighted by molar-refractivity contribution is 0.196. The van der Waals surface area contributed by atoms with Gasteiger partial charge >= 0.3 is 0 Å². The van der Waals surface area contributed by atoms with Crippen molar-refractivity contribution in [3.05, 3.63) is 42.1 Å². The fraction of sp³-hybridized carbons (Fsp3) is 0.375. The maximum atomic E-state index is 7.63. The Morgan fingerprint density at radius 2 is 2.20 bits per heavy atom. The van der Waals surface area contributed by atoms with Gasteiger partial charge in [-0.2, -0.15) is 0 Å². The predicted octanol–water partition coefficient (Wildman–Crippen LogP) is 2.38. The van der Waals surface area contributed by atoms with Crippen LogP contribution in [-0.4, -0.2) is 28.8 Å². The Kier molecular flexibility index (Phi) is 3.65. The predicted molar refractivity (Wildman–Crippen MR) is 81.7 cm³/mol. The molecule has 1 aliphatic rings. The van der Waals surface area contributed by atoms with Crippen LogP contribution in [-0.2, 0) is 6.54 Å². The van der Waals surface area contributed by atoms with Crippen molar-refractivity contribution in [1.82, 2.24) is 9.88 Å². The molecule has 1 atom stereocenters. The maximum absolute atomic E-state index is 7.63. The lowest BCUT2D eigenvalue weighted by atomic mass is 9.96. The summed E-state index contributed by atoms with van der Waals surface area (Å²) >= 11 is 0. The van der Waals surface area contributed by atoms with Crippen LogP contribution in [0.5, 0.6) is 0 Å². The highest BCUT2D eigenvalue weighted by Gasteiger charge is 2.22. The van der Waals surface area contributed by atoms with E-state index >= 15 is 0 Å². The number of likely N-dealkylation sites (tertiary alicyclic amines) is 1. The highest BCUT2D eigenvalue weighted by molar-refractivity contribution is 5.81. The quantitative estimate of drug-likeness (QED) is 0.663. The van der Waals surface area contributed by atoms with Crippen molar-refractivity contribution in [3.8, 4) is 0 Å². The molecule has 2 aromatic rings. The van der Waals surface area contributed by atoms with Crippen LogP contribution in [0.3, 0.4) is 0 Å².